The second-order valence-electron chi connectivity index (χ2n) is 7.49. The summed E-state index contributed by atoms with van der Waals surface area (Å²) in [7, 11) is 1.61. The van der Waals surface area contributed by atoms with Crippen molar-refractivity contribution >= 4 is 17.2 Å². The molecule has 158 valence electrons. The number of benzene rings is 1. The fourth-order valence-electron chi connectivity index (χ4n) is 3.76. The van der Waals surface area contributed by atoms with Crippen LogP contribution in [0.1, 0.15) is 34.9 Å². The number of hydrogen-bond donors (Lipinski definition) is 1. The van der Waals surface area contributed by atoms with E-state index in [-0.39, 0.29) is 17.6 Å². The zero-order valence-electron chi connectivity index (χ0n) is 17.1. The number of hydrogen-bond acceptors (Lipinski definition) is 6. The van der Waals surface area contributed by atoms with E-state index in [1.807, 2.05) is 36.6 Å². The van der Waals surface area contributed by atoms with Gasteiger partial charge in [-0.1, -0.05) is 12.1 Å². The van der Waals surface area contributed by atoms with E-state index < -0.39 is 0 Å². The number of aromatic nitrogens is 4. The Morgan fingerprint density at radius 2 is 2.23 bits per heavy atom. The van der Waals surface area contributed by atoms with Crippen molar-refractivity contribution in [3.05, 3.63) is 62.2 Å². The monoisotopic (exact) mass is 427 g/mol. The minimum atomic E-state index is -0.112. The van der Waals surface area contributed by atoms with Crippen molar-refractivity contribution < 1.29 is 9.53 Å². The third-order valence-corrected chi connectivity index (χ3v) is 6.08. The van der Waals surface area contributed by atoms with Gasteiger partial charge in [-0.15, -0.1) is 11.3 Å². The van der Waals surface area contributed by atoms with Gasteiger partial charge >= 0.3 is 5.69 Å². The number of thiazole rings is 1. The van der Waals surface area contributed by atoms with Crippen LogP contribution in [0.15, 0.2) is 34.4 Å². The molecule has 3 heterocycles. The third kappa shape index (κ3) is 4.62. The van der Waals surface area contributed by atoms with Gasteiger partial charge in [-0.25, -0.2) is 14.5 Å². The van der Waals surface area contributed by atoms with Crippen molar-refractivity contribution in [3.63, 3.8) is 0 Å². The molecule has 1 aliphatic rings. The Kier molecular flexibility index (Phi) is 5.98. The van der Waals surface area contributed by atoms with Gasteiger partial charge in [0.25, 0.3) is 0 Å². The van der Waals surface area contributed by atoms with Gasteiger partial charge in [0.2, 0.25) is 5.91 Å². The zero-order chi connectivity index (χ0) is 21.1. The Balaban J connectivity index is 1.36. The minimum absolute atomic E-state index is 0.0240. The Labute approximate surface area is 178 Å². The number of carbonyl (C=O) groups excluding carboxylic acids is 1. The second kappa shape index (κ2) is 8.83. The molecule has 1 atom stereocenters. The SMILES string of the molecule is COc1cccc(CC(=O)NC2CCc3nn(Cc4csc(C)n4)c(=O)n3CC2)c1. The van der Waals surface area contributed by atoms with Gasteiger partial charge in [-0.3, -0.25) is 9.36 Å². The summed E-state index contributed by atoms with van der Waals surface area (Å²) >= 11 is 1.57. The molecule has 0 saturated carbocycles. The minimum Gasteiger partial charge on any atom is -0.497 e. The average molecular weight is 428 g/mol. The van der Waals surface area contributed by atoms with Crippen LogP contribution in [-0.4, -0.2) is 38.4 Å². The lowest BCUT2D eigenvalue weighted by Gasteiger charge is -2.16. The molecule has 0 saturated heterocycles. The van der Waals surface area contributed by atoms with E-state index >= 15 is 0 Å². The summed E-state index contributed by atoms with van der Waals surface area (Å²) in [4.78, 5) is 29.6. The van der Waals surface area contributed by atoms with Gasteiger partial charge in [0.05, 0.1) is 30.8 Å². The van der Waals surface area contributed by atoms with E-state index in [2.05, 4.69) is 15.4 Å². The summed E-state index contributed by atoms with van der Waals surface area (Å²) < 4.78 is 8.43. The van der Waals surface area contributed by atoms with Crippen LogP contribution in [0.25, 0.3) is 0 Å². The highest BCUT2D eigenvalue weighted by Crippen LogP contribution is 2.15. The number of nitrogens with zero attached hydrogens (tertiary/aromatic N) is 4. The second-order valence-corrected chi connectivity index (χ2v) is 8.55. The molecule has 4 rings (SSSR count). The molecule has 0 radical (unpaired) electrons. The van der Waals surface area contributed by atoms with E-state index in [4.69, 9.17) is 4.74 Å². The van der Waals surface area contributed by atoms with Crippen LogP contribution >= 0.6 is 11.3 Å². The van der Waals surface area contributed by atoms with Gasteiger partial charge in [-0.2, -0.15) is 5.10 Å². The van der Waals surface area contributed by atoms with Gasteiger partial charge in [-0.05, 0) is 37.5 Å². The van der Waals surface area contributed by atoms with Crippen LogP contribution in [0.5, 0.6) is 5.75 Å². The maximum atomic E-state index is 12.7. The Hall–Kier alpha value is -2.94. The maximum Gasteiger partial charge on any atom is 0.346 e. The molecule has 0 fully saturated rings. The molecule has 1 unspecified atom stereocenters. The average Bonchev–Trinajstić information content (AvgIpc) is 3.20. The normalized spacial score (nSPS) is 16.0. The first-order valence-corrected chi connectivity index (χ1v) is 10.9. The lowest BCUT2D eigenvalue weighted by molar-refractivity contribution is -0.121. The predicted molar refractivity (Wildman–Crippen MR) is 114 cm³/mol. The summed E-state index contributed by atoms with van der Waals surface area (Å²) in [6, 6.07) is 7.55. The lowest BCUT2D eigenvalue weighted by atomic mass is 10.1. The van der Waals surface area contributed by atoms with Crippen molar-refractivity contribution in [2.75, 3.05) is 7.11 Å². The van der Waals surface area contributed by atoms with Crippen LogP contribution in [0, 0.1) is 6.92 Å². The van der Waals surface area contributed by atoms with Crippen molar-refractivity contribution in [2.45, 2.75) is 51.7 Å². The smallest absolute Gasteiger partial charge is 0.346 e. The number of ether oxygens (including phenoxy) is 1. The first-order valence-electron chi connectivity index (χ1n) is 10.0. The topological polar surface area (TPSA) is 91.0 Å². The van der Waals surface area contributed by atoms with Crippen molar-refractivity contribution in [1.29, 1.82) is 0 Å². The summed E-state index contributed by atoms with van der Waals surface area (Å²) in [5, 5.41) is 10.6. The number of methoxy groups -OCH3 is 1. The number of amides is 1. The Morgan fingerprint density at radius 1 is 1.37 bits per heavy atom. The summed E-state index contributed by atoms with van der Waals surface area (Å²) in [6.07, 6.45) is 2.43. The predicted octanol–water partition coefficient (Wildman–Crippen LogP) is 1.93. The highest BCUT2D eigenvalue weighted by atomic mass is 32.1. The van der Waals surface area contributed by atoms with Gasteiger partial charge < -0.3 is 10.1 Å². The quantitative estimate of drug-likeness (QED) is 0.649. The van der Waals surface area contributed by atoms with E-state index in [1.165, 1.54) is 4.68 Å². The maximum absolute atomic E-state index is 12.7. The highest BCUT2D eigenvalue weighted by Gasteiger charge is 2.22. The molecule has 0 bridgehead atoms. The molecule has 2 aromatic heterocycles. The molecule has 1 N–H and O–H groups in total. The third-order valence-electron chi connectivity index (χ3n) is 5.26. The van der Waals surface area contributed by atoms with Crippen LogP contribution in [-0.2, 0) is 30.7 Å². The number of fused-ring (bicyclic) bond motifs is 1. The van der Waals surface area contributed by atoms with E-state index in [0.717, 1.165) is 34.3 Å². The molecule has 0 spiro atoms. The molecule has 3 aromatic rings. The summed E-state index contributed by atoms with van der Waals surface area (Å²) in [5.74, 6) is 1.49. The molecule has 9 heteroatoms. The molecule has 1 amide bonds. The highest BCUT2D eigenvalue weighted by molar-refractivity contribution is 7.09. The molecule has 1 aliphatic heterocycles. The number of rotatable bonds is 6. The fraction of sp³-hybridized carbons (Fsp3) is 0.429. The lowest BCUT2D eigenvalue weighted by Crippen LogP contribution is -2.36. The molecule has 30 heavy (non-hydrogen) atoms. The van der Waals surface area contributed by atoms with Crippen molar-refractivity contribution in [1.82, 2.24) is 24.6 Å². The molecule has 8 nitrogen and oxygen atoms in total. The first kappa shape index (κ1) is 20.3. The largest absolute Gasteiger partial charge is 0.497 e. The number of carbonyl (C=O) groups is 1. The standard InChI is InChI=1S/C21H25N5O3S/c1-14-22-17(13-30-14)12-26-21(28)25-9-8-16(6-7-19(25)24-26)23-20(27)11-15-4-3-5-18(10-15)29-2/h3-5,10,13,16H,6-9,11-12H2,1-2H3,(H,23,27). The fourth-order valence-corrected chi connectivity index (χ4v) is 4.36. The summed E-state index contributed by atoms with van der Waals surface area (Å²) in [5.41, 5.74) is 1.66. The summed E-state index contributed by atoms with van der Waals surface area (Å²) in [6.45, 7) is 2.89. The number of aryl methyl sites for hydroxylation is 2. The molecular weight excluding hydrogens is 402 g/mol. The van der Waals surface area contributed by atoms with E-state index in [9.17, 15) is 9.59 Å². The van der Waals surface area contributed by atoms with Gasteiger partial charge in [0.15, 0.2) is 0 Å². The van der Waals surface area contributed by atoms with E-state index in [0.29, 0.717) is 32.4 Å². The zero-order valence-corrected chi connectivity index (χ0v) is 17.9. The molecule has 0 aliphatic carbocycles. The molecule has 1 aromatic carbocycles. The van der Waals surface area contributed by atoms with Gasteiger partial charge in [0.1, 0.15) is 11.6 Å². The van der Waals surface area contributed by atoms with Crippen molar-refractivity contribution in [3.8, 4) is 5.75 Å². The van der Waals surface area contributed by atoms with E-state index in [1.54, 1.807) is 23.0 Å². The van der Waals surface area contributed by atoms with Crippen LogP contribution in [0.2, 0.25) is 0 Å². The van der Waals surface area contributed by atoms with Gasteiger partial charge in [0, 0.05) is 24.4 Å². The number of nitrogens with one attached hydrogen (secondary N) is 1. The van der Waals surface area contributed by atoms with Crippen LogP contribution in [0.4, 0.5) is 0 Å². The Morgan fingerprint density at radius 3 is 3.00 bits per heavy atom. The first-order chi connectivity index (χ1) is 14.5. The Bertz CT molecular complexity index is 1100. The van der Waals surface area contributed by atoms with Crippen LogP contribution in [0.3, 0.4) is 0 Å². The molecular formula is C21H25N5O3S. The van der Waals surface area contributed by atoms with Crippen LogP contribution < -0.4 is 15.7 Å². The van der Waals surface area contributed by atoms with Crippen molar-refractivity contribution in [2.24, 2.45) is 0 Å².